The minimum Gasteiger partial charge on any atom is -0.481 e. The summed E-state index contributed by atoms with van der Waals surface area (Å²) in [5.41, 5.74) is -0.0267. The van der Waals surface area contributed by atoms with E-state index in [-0.39, 0.29) is 12.0 Å². The van der Waals surface area contributed by atoms with Gasteiger partial charge in [0.15, 0.2) is 16.3 Å². The predicted octanol–water partition coefficient (Wildman–Crippen LogP) is 2.39. The van der Waals surface area contributed by atoms with E-state index in [1.807, 2.05) is 0 Å². The van der Waals surface area contributed by atoms with E-state index in [1.165, 1.54) is 0 Å². The van der Waals surface area contributed by atoms with Crippen LogP contribution in [-0.2, 0) is 15.0 Å². The SMILES string of the molecule is O=C(O)CC(Cc1cc(F)ccc1F)NC(=O)OBr. The Morgan fingerprint density at radius 2 is 2.11 bits per heavy atom. The van der Waals surface area contributed by atoms with E-state index >= 15 is 0 Å². The molecule has 8 heteroatoms. The molecule has 0 aliphatic carbocycles. The number of hydrogen-bond donors (Lipinski definition) is 2. The molecule has 5 nitrogen and oxygen atoms in total. The molecule has 1 aromatic carbocycles. The minimum atomic E-state index is -1.18. The summed E-state index contributed by atoms with van der Waals surface area (Å²) < 4.78 is 30.6. The monoisotopic (exact) mass is 337 g/mol. The summed E-state index contributed by atoms with van der Waals surface area (Å²) >= 11 is 2.43. The van der Waals surface area contributed by atoms with E-state index in [2.05, 4.69) is 25.4 Å². The highest BCUT2D eigenvalue weighted by Gasteiger charge is 2.19. The summed E-state index contributed by atoms with van der Waals surface area (Å²) in [6, 6.07) is 1.92. The quantitative estimate of drug-likeness (QED) is 0.864. The molecule has 0 spiro atoms. The topological polar surface area (TPSA) is 75.6 Å². The van der Waals surface area contributed by atoms with Crippen LogP contribution in [-0.4, -0.2) is 23.2 Å². The Kier molecular flexibility index (Phi) is 5.68. The first-order valence-electron chi connectivity index (χ1n) is 5.17. The maximum atomic E-state index is 13.4. The van der Waals surface area contributed by atoms with Crippen molar-refractivity contribution in [3.05, 3.63) is 35.4 Å². The summed E-state index contributed by atoms with van der Waals surface area (Å²) in [4.78, 5) is 21.7. The Balaban J connectivity index is 2.83. The summed E-state index contributed by atoms with van der Waals surface area (Å²) in [7, 11) is 0. The molecule has 1 rings (SSSR count). The van der Waals surface area contributed by atoms with Crippen molar-refractivity contribution >= 4 is 28.3 Å². The van der Waals surface area contributed by atoms with Crippen LogP contribution in [0.3, 0.4) is 0 Å². The molecular formula is C11H10BrF2NO4. The molecule has 0 radical (unpaired) electrons. The number of carboxylic acid groups (broad SMARTS) is 1. The molecular weight excluding hydrogens is 328 g/mol. The second-order valence-electron chi connectivity index (χ2n) is 3.74. The molecule has 104 valence electrons. The number of hydrogen-bond acceptors (Lipinski definition) is 3. The van der Waals surface area contributed by atoms with Gasteiger partial charge in [0.25, 0.3) is 0 Å². The van der Waals surface area contributed by atoms with Crippen molar-refractivity contribution in [1.82, 2.24) is 5.32 Å². The molecule has 1 unspecified atom stereocenters. The van der Waals surface area contributed by atoms with Gasteiger partial charge in [0.05, 0.1) is 6.42 Å². The van der Waals surface area contributed by atoms with Gasteiger partial charge in [0.1, 0.15) is 11.6 Å². The van der Waals surface area contributed by atoms with E-state index in [1.54, 1.807) is 0 Å². The fourth-order valence-corrected chi connectivity index (χ4v) is 1.63. The second kappa shape index (κ2) is 7.03. The van der Waals surface area contributed by atoms with Crippen LogP contribution >= 0.6 is 16.3 Å². The largest absolute Gasteiger partial charge is 0.481 e. The first kappa shape index (κ1) is 15.4. The lowest BCUT2D eigenvalue weighted by molar-refractivity contribution is -0.137. The van der Waals surface area contributed by atoms with Gasteiger partial charge in [-0.05, 0) is 30.2 Å². The molecule has 1 atom stereocenters. The molecule has 0 aliphatic heterocycles. The van der Waals surface area contributed by atoms with Crippen LogP contribution < -0.4 is 5.32 Å². The van der Waals surface area contributed by atoms with Crippen molar-refractivity contribution in [2.24, 2.45) is 0 Å². The highest BCUT2D eigenvalue weighted by molar-refractivity contribution is 9.06. The molecule has 2 N–H and O–H groups in total. The number of carbonyl (C=O) groups excluding carboxylic acids is 1. The number of rotatable bonds is 5. The summed E-state index contributed by atoms with van der Waals surface area (Å²) in [5.74, 6) is -2.50. The molecule has 0 aliphatic rings. The van der Waals surface area contributed by atoms with Gasteiger partial charge in [-0.25, -0.2) is 13.6 Å². The van der Waals surface area contributed by atoms with Crippen LogP contribution in [0.5, 0.6) is 0 Å². The van der Waals surface area contributed by atoms with Crippen LogP contribution in [0.25, 0.3) is 0 Å². The van der Waals surface area contributed by atoms with Crippen LogP contribution in [0.15, 0.2) is 18.2 Å². The average Bonchev–Trinajstić information content (AvgIpc) is 2.32. The number of halogens is 3. The third-order valence-corrected chi connectivity index (χ3v) is 2.58. The zero-order valence-electron chi connectivity index (χ0n) is 9.53. The van der Waals surface area contributed by atoms with Crippen LogP contribution in [0, 0.1) is 11.6 Å². The van der Waals surface area contributed by atoms with Gasteiger partial charge in [0.2, 0.25) is 0 Å². The van der Waals surface area contributed by atoms with Crippen LogP contribution in [0.4, 0.5) is 13.6 Å². The van der Waals surface area contributed by atoms with Gasteiger partial charge in [-0.3, -0.25) is 4.79 Å². The Labute approximate surface area is 116 Å². The second-order valence-corrected chi connectivity index (χ2v) is 4.07. The molecule has 0 bridgehead atoms. The van der Waals surface area contributed by atoms with Crippen molar-refractivity contribution in [3.63, 3.8) is 0 Å². The molecule has 1 aromatic rings. The maximum Gasteiger partial charge on any atom is 0.419 e. The summed E-state index contributed by atoms with van der Waals surface area (Å²) in [5, 5.41) is 10.9. The van der Waals surface area contributed by atoms with E-state index in [4.69, 9.17) is 5.11 Å². The first-order valence-corrected chi connectivity index (χ1v) is 5.82. The van der Waals surface area contributed by atoms with E-state index < -0.39 is 36.2 Å². The van der Waals surface area contributed by atoms with E-state index in [9.17, 15) is 18.4 Å². The molecule has 1 amide bonds. The smallest absolute Gasteiger partial charge is 0.419 e. The lowest BCUT2D eigenvalue weighted by Crippen LogP contribution is -2.37. The fourth-order valence-electron chi connectivity index (χ4n) is 1.54. The Bertz CT molecular complexity index is 484. The Morgan fingerprint density at radius 1 is 1.42 bits per heavy atom. The Morgan fingerprint density at radius 3 is 2.68 bits per heavy atom. The molecule has 0 heterocycles. The van der Waals surface area contributed by atoms with E-state index in [0.717, 1.165) is 18.2 Å². The van der Waals surface area contributed by atoms with E-state index in [0.29, 0.717) is 0 Å². The van der Waals surface area contributed by atoms with Crippen molar-refractivity contribution < 1.29 is 27.3 Å². The number of nitrogens with one attached hydrogen (secondary N) is 1. The lowest BCUT2D eigenvalue weighted by Gasteiger charge is -2.16. The first-order chi connectivity index (χ1) is 8.92. The van der Waals surface area contributed by atoms with Crippen molar-refractivity contribution in [1.29, 1.82) is 0 Å². The lowest BCUT2D eigenvalue weighted by atomic mass is 10.0. The Hall–Kier alpha value is -1.70. The zero-order chi connectivity index (χ0) is 14.4. The molecule has 0 fully saturated rings. The molecule has 0 saturated carbocycles. The van der Waals surface area contributed by atoms with Crippen LogP contribution in [0.2, 0.25) is 0 Å². The average molecular weight is 338 g/mol. The normalized spacial score (nSPS) is 11.7. The standard InChI is InChI=1S/C11H10BrF2NO4/c12-19-11(18)15-8(5-10(16)17)4-6-3-7(13)1-2-9(6)14/h1-3,8H,4-5H2,(H,15,18)(H,16,17). The number of aliphatic carboxylic acids is 1. The molecule has 0 saturated heterocycles. The third kappa shape index (κ3) is 5.21. The van der Waals surface area contributed by atoms with Crippen LogP contribution in [0.1, 0.15) is 12.0 Å². The number of amides is 1. The minimum absolute atomic E-state index is 0.0267. The van der Waals surface area contributed by atoms with Gasteiger partial charge in [-0.15, -0.1) is 0 Å². The van der Waals surface area contributed by atoms with Crippen molar-refractivity contribution in [2.45, 2.75) is 18.9 Å². The number of carboxylic acids is 1. The predicted molar refractivity (Wildman–Crippen MR) is 64.6 cm³/mol. The van der Waals surface area contributed by atoms with Gasteiger partial charge in [0, 0.05) is 6.04 Å². The van der Waals surface area contributed by atoms with Gasteiger partial charge in [-0.1, -0.05) is 0 Å². The maximum absolute atomic E-state index is 13.4. The number of carbonyl (C=O) groups is 2. The summed E-state index contributed by atoms with van der Waals surface area (Å²) in [6.45, 7) is 0. The van der Waals surface area contributed by atoms with Crippen molar-refractivity contribution in [2.75, 3.05) is 0 Å². The number of benzene rings is 1. The van der Waals surface area contributed by atoms with Gasteiger partial charge in [-0.2, -0.15) is 0 Å². The molecule has 19 heavy (non-hydrogen) atoms. The third-order valence-electron chi connectivity index (χ3n) is 2.29. The fraction of sp³-hybridized carbons (Fsp3) is 0.273. The highest BCUT2D eigenvalue weighted by Crippen LogP contribution is 2.13. The molecule has 0 aromatic heterocycles. The zero-order valence-corrected chi connectivity index (χ0v) is 11.1. The summed E-state index contributed by atoms with van der Waals surface area (Å²) in [6.07, 6.45) is -1.53. The highest BCUT2D eigenvalue weighted by atomic mass is 79.9. The van der Waals surface area contributed by atoms with Crippen molar-refractivity contribution in [3.8, 4) is 0 Å². The van der Waals surface area contributed by atoms with Gasteiger partial charge < -0.3 is 14.3 Å². The van der Waals surface area contributed by atoms with Gasteiger partial charge >= 0.3 is 12.1 Å².